The fraction of sp³-hybridized carbons (Fsp3) is 0.615. The molecule has 0 spiro atoms. The maximum atomic E-state index is 9.75. The van der Waals surface area contributed by atoms with Crippen LogP contribution in [0, 0.1) is 12.8 Å². The first-order valence-electron chi connectivity index (χ1n) is 6.27. The van der Waals surface area contributed by atoms with Gasteiger partial charge in [0, 0.05) is 12.2 Å². The molecular weight excluding hydrogens is 214 g/mol. The van der Waals surface area contributed by atoms with E-state index in [2.05, 4.69) is 9.88 Å². The van der Waals surface area contributed by atoms with Crippen molar-refractivity contribution in [2.24, 2.45) is 11.7 Å². The number of nitrogens with two attached hydrogens (primary N) is 1. The van der Waals surface area contributed by atoms with Crippen molar-refractivity contribution in [3.63, 3.8) is 0 Å². The third kappa shape index (κ3) is 3.17. The van der Waals surface area contributed by atoms with Crippen molar-refractivity contribution in [1.29, 1.82) is 0 Å². The van der Waals surface area contributed by atoms with Crippen LogP contribution in [-0.2, 0) is 6.54 Å². The number of hydrogen-bond acceptors (Lipinski definition) is 4. The Morgan fingerprint density at radius 2 is 2.12 bits per heavy atom. The second-order valence-electron chi connectivity index (χ2n) is 4.87. The van der Waals surface area contributed by atoms with Crippen LogP contribution in [0.5, 0.6) is 5.75 Å². The Morgan fingerprint density at radius 3 is 2.76 bits per heavy atom. The highest BCUT2D eigenvalue weighted by Gasteiger charge is 2.19. The Bertz CT molecular complexity index is 373. The minimum atomic E-state index is 0.302. The van der Waals surface area contributed by atoms with Crippen molar-refractivity contribution < 1.29 is 5.11 Å². The van der Waals surface area contributed by atoms with Crippen molar-refractivity contribution in [2.75, 3.05) is 19.6 Å². The third-order valence-electron chi connectivity index (χ3n) is 3.50. The van der Waals surface area contributed by atoms with Crippen LogP contribution in [0.2, 0.25) is 0 Å². The largest absolute Gasteiger partial charge is 0.506 e. The number of nitrogens with zero attached hydrogens (tertiary/aromatic N) is 2. The number of aryl methyl sites for hydroxylation is 1. The fourth-order valence-corrected chi connectivity index (χ4v) is 2.31. The van der Waals surface area contributed by atoms with E-state index in [1.165, 1.54) is 0 Å². The topological polar surface area (TPSA) is 62.4 Å². The zero-order valence-electron chi connectivity index (χ0n) is 10.4. The molecule has 2 rings (SSSR count). The molecule has 4 heteroatoms. The minimum absolute atomic E-state index is 0.302. The van der Waals surface area contributed by atoms with Gasteiger partial charge in [-0.05, 0) is 57.5 Å². The van der Waals surface area contributed by atoms with Crippen molar-refractivity contribution in [3.8, 4) is 5.75 Å². The number of aromatic hydroxyl groups is 1. The average molecular weight is 235 g/mol. The second kappa shape index (κ2) is 5.47. The van der Waals surface area contributed by atoms with Crippen LogP contribution >= 0.6 is 0 Å². The maximum absolute atomic E-state index is 9.75. The highest BCUT2D eigenvalue weighted by atomic mass is 16.3. The van der Waals surface area contributed by atoms with Crippen LogP contribution in [0.3, 0.4) is 0 Å². The lowest BCUT2D eigenvalue weighted by Crippen LogP contribution is -2.35. The van der Waals surface area contributed by atoms with Gasteiger partial charge in [-0.25, -0.2) is 0 Å². The fourth-order valence-electron chi connectivity index (χ4n) is 2.31. The van der Waals surface area contributed by atoms with Gasteiger partial charge in [0.1, 0.15) is 5.75 Å². The van der Waals surface area contributed by atoms with E-state index in [1.807, 2.05) is 13.0 Å². The summed E-state index contributed by atoms with van der Waals surface area (Å²) in [5, 5.41) is 9.75. The van der Waals surface area contributed by atoms with Crippen LogP contribution in [-0.4, -0.2) is 34.6 Å². The highest BCUT2D eigenvalue weighted by molar-refractivity contribution is 5.27. The summed E-state index contributed by atoms with van der Waals surface area (Å²) < 4.78 is 0. The third-order valence-corrected chi connectivity index (χ3v) is 3.50. The second-order valence-corrected chi connectivity index (χ2v) is 4.87. The molecule has 0 amide bonds. The molecule has 1 saturated heterocycles. The molecule has 0 radical (unpaired) electrons. The highest BCUT2D eigenvalue weighted by Crippen LogP contribution is 2.21. The number of aromatic nitrogens is 1. The van der Waals surface area contributed by atoms with Crippen molar-refractivity contribution >= 4 is 0 Å². The van der Waals surface area contributed by atoms with E-state index in [0.717, 1.165) is 50.4 Å². The molecule has 0 saturated carbocycles. The molecule has 94 valence electrons. The van der Waals surface area contributed by atoms with Gasteiger partial charge in [0.2, 0.25) is 0 Å². The summed E-state index contributed by atoms with van der Waals surface area (Å²) in [5.74, 6) is 0.974. The molecule has 17 heavy (non-hydrogen) atoms. The van der Waals surface area contributed by atoms with Crippen molar-refractivity contribution in [3.05, 3.63) is 23.5 Å². The summed E-state index contributed by atoms with van der Waals surface area (Å²) in [4.78, 5) is 6.73. The SMILES string of the molecule is Cc1ccc(O)c(CN2CCC(CN)CC2)n1. The van der Waals surface area contributed by atoms with Gasteiger partial charge in [0.15, 0.2) is 0 Å². The van der Waals surface area contributed by atoms with Gasteiger partial charge < -0.3 is 10.8 Å². The lowest BCUT2D eigenvalue weighted by molar-refractivity contribution is 0.177. The van der Waals surface area contributed by atoms with E-state index in [1.54, 1.807) is 6.07 Å². The number of hydrogen-bond donors (Lipinski definition) is 2. The Hall–Kier alpha value is -1.13. The van der Waals surface area contributed by atoms with Gasteiger partial charge in [-0.3, -0.25) is 9.88 Å². The van der Waals surface area contributed by atoms with Gasteiger partial charge >= 0.3 is 0 Å². The number of rotatable bonds is 3. The van der Waals surface area contributed by atoms with E-state index in [9.17, 15) is 5.11 Å². The molecule has 0 aromatic carbocycles. The molecule has 1 aromatic rings. The summed E-state index contributed by atoms with van der Waals surface area (Å²) in [6.45, 7) is 5.59. The van der Waals surface area contributed by atoms with Crippen LogP contribution in [0.15, 0.2) is 12.1 Å². The molecule has 1 fully saturated rings. The molecule has 0 aliphatic carbocycles. The summed E-state index contributed by atoms with van der Waals surface area (Å²) in [6, 6.07) is 3.56. The quantitative estimate of drug-likeness (QED) is 0.828. The van der Waals surface area contributed by atoms with E-state index in [0.29, 0.717) is 11.7 Å². The standard InChI is InChI=1S/C13H21N3O/c1-10-2-3-13(17)12(15-10)9-16-6-4-11(8-14)5-7-16/h2-3,11,17H,4-9,14H2,1H3. The minimum Gasteiger partial charge on any atom is -0.506 e. The smallest absolute Gasteiger partial charge is 0.138 e. The predicted molar refractivity (Wildman–Crippen MR) is 67.7 cm³/mol. The summed E-state index contributed by atoms with van der Waals surface area (Å²) in [5.41, 5.74) is 7.42. The molecule has 1 aromatic heterocycles. The lowest BCUT2D eigenvalue weighted by Gasteiger charge is -2.31. The van der Waals surface area contributed by atoms with Crippen LogP contribution in [0.4, 0.5) is 0 Å². The molecule has 0 unspecified atom stereocenters. The van der Waals surface area contributed by atoms with Crippen molar-refractivity contribution in [1.82, 2.24) is 9.88 Å². The molecule has 0 bridgehead atoms. The maximum Gasteiger partial charge on any atom is 0.138 e. The van der Waals surface area contributed by atoms with Crippen LogP contribution < -0.4 is 5.73 Å². The Labute approximate surface area is 102 Å². The van der Waals surface area contributed by atoms with Crippen LogP contribution in [0.25, 0.3) is 0 Å². The molecular formula is C13H21N3O. The van der Waals surface area contributed by atoms with E-state index in [-0.39, 0.29) is 0 Å². The molecule has 0 atom stereocenters. The van der Waals surface area contributed by atoms with Gasteiger partial charge in [0.05, 0.1) is 5.69 Å². The monoisotopic (exact) mass is 235 g/mol. The first kappa shape index (κ1) is 12.3. The van der Waals surface area contributed by atoms with Crippen LogP contribution in [0.1, 0.15) is 24.2 Å². The first-order valence-corrected chi connectivity index (χ1v) is 6.27. The van der Waals surface area contributed by atoms with Gasteiger partial charge in [-0.2, -0.15) is 0 Å². The van der Waals surface area contributed by atoms with E-state index in [4.69, 9.17) is 5.73 Å². The van der Waals surface area contributed by atoms with Gasteiger partial charge in [-0.1, -0.05) is 0 Å². The molecule has 3 N–H and O–H groups in total. The zero-order valence-corrected chi connectivity index (χ0v) is 10.4. The molecule has 4 nitrogen and oxygen atoms in total. The Balaban J connectivity index is 1.95. The molecule has 2 heterocycles. The normalized spacial score (nSPS) is 18.5. The lowest BCUT2D eigenvalue weighted by atomic mass is 9.97. The molecule has 1 aliphatic rings. The summed E-state index contributed by atoms with van der Waals surface area (Å²) in [6.07, 6.45) is 2.31. The first-order chi connectivity index (χ1) is 8.19. The summed E-state index contributed by atoms with van der Waals surface area (Å²) >= 11 is 0. The Kier molecular flexibility index (Phi) is 3.97. The van der Waals surface area contributed by atoms with E-state index < -0.39 is 0 Å². The summed E-state index contributed by atoms with van der Waals surface area (Å²) in [7, 11) is 0. The van der Waals surface area contributed by atoms with E-state index >= 15 is 0 Å². The van der Waals surface area contributed by atoms with Gasteiger partial charge in [-0.15, -0.1) is 0 Å². The van der Waals surface area contributed by atoms with Gasteiger partial charge in [0.25, 0.3) is 0 Å². The average Bonchev–Trinajstić information content (AvgIpc) is 2.35. The molecule has 1 aliphatic heterocycles. The van der Waals surface area contributed by atoms with Crippen molar-refractivity contribution in [2.45, 2.75) is 26.3 Å². The zero-order chi connectivity index (χ0) is 12.3. The predicted octanol–water partition coefficient (Wildman–Crippen LogP) is 1.27. The number of likely N-dealkylation sites (tertiary alicyclic amines) is 1. The number of piperidine rings is 1. The number of pyridine rings is 1. The Morgan fingerprint density at radius 1 is 1.41 bits per heavy atom.